The Labute approximate surface area is 51.7 Å². The molecule has 0 aromatic carbocycles. The summed E-state index contributed by atoms with van der Waals surface area (Å²) >= 11 is 0. The van der Waals surface area contributed by atoms with Crippen molar-refractivity contribution in [1.29, 1.82) is 0 Å². The molecule has 0 rings (SSSR count). The van der Waals surface area contributed by atoms with E-state index in [0.717, 1.165) is 0 Å². The first-order valence-electron chi connectivity index (χ1n) is 0.736. The maximum Gasteiger partial charge on any atom is 2.00 e. The van der Waals surface area contributed by atoms with Crippen LogP contribution in [0.3, 0.4) is 0 Å². The molecular formula is H2MgNO3S+. The van der Waals surface area contributed by atoms with Crippen molar-refractivity contribution in [3.05, 3.63) is 0 Å². The van der Waals surface area contributed by atoms with Gasteiger partial charge in [-0.15, -0.1) is 0 Å². The number of hydrogen-bond donors (Lipinski definition) is 1. The van der Waals surface area contributed by atoms with Crippen LogP contribution in [0, 0.1) is 0 Å². The van der Waals surface area contributed by atoms with E-state index in [1.165, 1.54) is 0 Å². The molecule has 0 spiro atoms. The average molecular weight is 120 g/mol. The summed E-state index contributed by atoms with van der Waals surface area (Å²) in [5, 5.41) is 3.77. The molecule has 0 aromatic heterocycles. The summed E-state index contributed by atoms with van der Waals surface area (Å²) in [6.45, 7) is 0. The van der Waals surface area contributed by atoms with Gasteiger partial charge in [-0.3, -0.25) is 0 Å². The SMILES string of the molecule is NS(=O)(=O)[O-].[Mg+2]. The third-order valence-corrected chi connectivity index (χ3v) is 0. The first-order chi connectivity index (χ1) is 2.00. The summed E-state index contributed by atoms with van der Waals surface area (Å²) in [4.78, 5) is 0. The van der Waals surface area contributed by atoms with Gasteiger partial charge in [-0.1, -0.05) is 0 Å². The molecule has 0 aliphatic heterocycles. The van der Waals surface area contributed by atoms with Crippen LogP contribution in [0.25, 0.3) is 0 Å². The van der Waals surface area contributed by atoms with Gasteiger partial charge in [0.1, 0.15) is 0 Å². The van der Waals surface area contributed by atoms with Crippen molar-refractivity contribution in [3.63, 3.8) is 0 Å². The van der Waals surface area contributed by atoms with Crippen molar-refractivity contribution < 1.29 is 13.0 Å². The van der Waals surface area contributed by atoms with Gasteiger partial charge < -0.3 is 4.55 Å². The summed E-state index contributed by atoms with van der Waals surface area (Å²) in [6, 6.07) is 0. The van der Waals surface area contributed by atoms with Crippen molar-refractivity contribution in [2.24, 2.45) is 5.14 Å². The van der Waals surface area contributed by atoms with Crippen LogP contribution in [-0.2, 0) is 10.3 Å². The fourth-order valence-electron chi connectivity index (χ4n) is 0. The van der Waals surface area contributed by atoms with Crippen LogP contribution < -0.4 is 5.14 Å². The zero-order valence-electron chi connectivity index (χ0n) is 2.92. The van der Waals surface area contributed by atoms with Gasteiger partial charge in [-0.25, -0.2) is 13.6 Å². The van der Waals surface area contributed by atoms with E-state index in [2.05, 4.69) is 5.14 Å². The third kappa shape index (κ3) is 151. The van der Waals surface area contributed by atoms with Crippen LogP contribution in [0.2, 0.25) is 0 Å². The summed E-state index contributed by atoms with van der Waals surface area (Å²) in [6.07, 6.45) is 0. The van der Waals surface area contributed by atoms with Crippen molar-refractivity contribution in [3.8, 4) is 0 Å². The van der Waals surface area contributed by atoms with Crippen LogP contribution in [0.5, 0.6) is 0 Å². The molecule has 2 N–H and O–H groups in total. The second-order valence-corrected chi connectivity index (χ2v) is 1.48. The summed E-state index contributed by atoms with van der Waals surface area (Å²) in [7, 11) is -4.42. The van der Waals surface area contributed by atoms with Gasteiger partial charge in [0.15, 0.2) is 10.3 Å². The average Bonchev–Trinajstić information content (AvgIpc) is 0.722. The van der Waals surface area contributed by atoms with Gasteiger partial charge in [0.2, 0.25) is 0 Å². The quantitative estimate of drug-likeness (QED) is 0.297. The van der Waals surface area contributed by atoms with E-state index in [9.17, 15) is 0 Å². The molecule has 0 atom stereocenters. The number of nitrogens with two attached hydrogens (primary N) is 1. The number of rotatable bonds is 0. The van der Waals surface area contributed by atoms with E-state index in [0.29, 0.717) is 0 Å². The minimum absolute atomic E-state index is 0. The van der Waals surface area contributed by atoms with Crippen molar-refractivity contribution in [1.82, 2.24) is 0 Å². The van der Waals surface area contributed by atoms with Gasteiger partial charge in [0, 0.05) is 0 Å². The summed E-state index contributed by atoms with van der Waals surface area (Å²) in [5.74, 6) is 0. The molecular weight excluding hydrogens is 118 g/mol. The fourth-order valence-corrected chi connectivity index (χ4v) is 0. The predicted molar refractivity (Wildman–Crippen MR) is 19.6 cm³/mol. The molecule has 0 aliphatic rings. The maximum atomic E-state index is 8.85. The Morgan fingerprint density at radius 3 is 1.50 bits per heavy atom. The molecule has 0 bridgehead atoms. The zero-order valence-corrected chi connectivity index (χ0v) is 5.15. The molecule has 6 heteroatoms. The largest absolute Gasteiger partial charge is 2.00 e. The Hall–Kier alpha value is 0.636. The molecule has 6 heavy (non-hydrogen) atoms. The van der Waals surface area contributed by atoms with E-state index < -0.39 is 10.3 Å². The van der Waals surface area contributed by atoms with Crippen LogP contribution in [0.15, 0.2) is 0 Å². The van der Waals surface area contributed by atoms with E-state index in [1.807, 2.05) is 0 Å². The Morgan fingerprint density at radius 2 is 1.50 bits per heavy atom. The minimum atomic E-state index is -4.42. The second-order valence-electron chi connectivity index (χ2n) is 0.493. The molecule has 0 aliphatic carbocycles. The van der Waals surface area contributed by atoms with E-state index in [1.54, 1.807) is 0 Å². The van der Waals surface area contributed by atoms with Crippen LogP contribution in [0.1, 0.15) is 0 Å². The predicted octanol–water partition coefficient (Wildman–Crippen LogP) is -1.98. The van der Waals surface area contributed by atoms with E-state index >= 15 is 0 Å². The molecule has 0 amide bonds. The minimum Gasteiger partial charge on any atom is -0.736 e. The third-order valence-electron chi connectivity index (χ3n) is 0. The van der Waals surface area contributed by atoms with Crippen LogP contribution in [0.4, 0.5) is 0 Å². The molecule has 0 unspecified atom stereocenters. The van der Waals surface area contributed by atoms with Gasteiger partial charge in [-0.2, -0.15) is 0 Å². The normalized spacial score (nSPS) is 9.67. The molecule has 0 saturated carbocycles. The monoisotopic (exact) mass is 120 g/mol. The molecule has 0 fully saturated rings. The first-order valence-corrected chi connectivity index (χ1v) is 2.21. The summed E-state index contributed by atoms with van der Waals surface area (Å²) in [5.41, 5.74) is 0. The fraction of sp³-hybridized carbons (Fsp3) is 0. The number of hydrogen-bond acceptors (Lipinski definition) is 3. The first kappa shape index (κ1) is 9.81. The van der Waals surface area contributed by atoms with Crippen LogP contribution >= 0.6 is 0 Å². The van der Waals surface area contributed by atoms with E-state index in [4.69, 9.17) is 13.0 Å². The van der Waals surface area contributed by atoms with Gasteiger partial charge in [0.05, 0.1) is 0 Å². The van der Waals surface area contributed by atoms with Gasteiger partial charge in [-0.05, 0) is 0 Å². The Balaban J connectivity index is 0. The Bertz CT molecular complexity index is 94.0. The maximum absolute atomic E-state index is 8.85. The van der Waals surface area contributed by atoms with Crippen molar-refractivity contribution in [2.45, 2.75) is 0 Å². The van der Waals surface area contributed by atoms with Crippen molar-refractivity contribution in [2.75, 3.05) is 0 Å². The molecule has 4 nitrogen and oxygen atoms in total. The Morgan fingerprint density at radius 1 is 1.50 bits per heavy atom. The van der Waals surface area contributed by atoms with Gasteiger partial charge in [0.25, 0.3) is 0 Å². The molecule has 32 valence electrons. The van der Waals surface area contributed by atoms with Gasteiger partial charge >= 0.3 is 23.1 Å². The molecule has 0 aromatic rings. The Kier molecular flexibility index (Phi) is 4.50. The molecule has 0 radical (unpaired) electrons. The zero-order chi connectivity index (χ0) is 4.50. The molecule has 0 saturated heterocycles. The van der Waals surface area contributed by atoms with Crippen LogP contribution in [-0.4, -0.2) is 36.0 Å². The standard InChI is InChI=1S/Mg.H3NO3S/c;1-5(2,3)4/h;(H3,1,2,3,4)/q+2;/p-1. The summed E-state index contributed by atoms with van der Waals surface area (Å²) < 4.78 is 26.6. The van der Waals surface area contributed by atoms with Crippen molar-refractivity contribution >= 4 is 33.4 Å². The second kappa shape index (κ2) is 2.75. The van der Waals surface area contributed by atoms with E-state index in [-0.39, 0.29) is 23.1 Å². The smallest absolute Gasteiger partial charge is 0.736 e. The topological polar surface area (TPSA) is 83.2 Å². The molecule has 0 heterocycles.